The van der Waals surface area contributed by atoms with E-state index in [1.165, 1.54) is 12.7 Å². The van der Waals surface area contributed by atoms with Crippen LogP contribution in [0.4, 0.5) is 0 Å². The molecule has 0 spiro atoms. The largest absolute Gasteiger partial charge is 0.342 e. The van der Waals surface area contributed by atoms with Crippen molar-refractivity contribution in [1.82, 2.24) is 0 Å². The molecule has 13 heavy (non-hydrogen) atoms. The Kier molecular flexibility index (Phi) is 3.53. The molecule has 0 aliphatic carbocycles. The van der Waals surface area contributed by atoms with Crippen LogP contribution in [-0.2, 0) is 9.78 Å². The molecular formula is C11H14O2. The fourth-order valence-corrected chi connectivity index (χ4v) is 1.11. The molecule has 0 saturated carbocycles. The Hall–Kier alpha value is -1.28. The van der Waals surface area contributed by atoms with E-state index in [-0.39, 0.29) is 5.92 Å². The lowest BCUT2D eigenvalue weighted by molar-refractivity contribution is -0.240. The number of rotatable bonds is 4. The monoisotopic (exact) mass is 178 g/mol. The van der Waals surface area contributed by atoms with Gasteiger partial charge in [-0.1, -0.05) is 43.8 Å². The van der Waals surface area contributed by atoms with Crippen LogP contribution in [0.3, 0.4) is 0 Å². The molecule has 0 bridgehead atoms. The molecule has 1 aromatic rings. The highest BCUT2D eigenvalue weighted by Crippen LogP contribution is 2.22. The third-order valence-electron chi connectivity index (χ3n) is 1.97. The van der Waals surface area contributed by atoms with Crippen molar-refractivity contribution in [3.05, 3.63) is 48.2 Å². The first-order chi connectivity index (χ1) is 6.25. The second kappa shape index (κ2) is 4.67. The highest BCUT2D eigenvalue weighted by Gasteiger charge is 2.10. The van der Waals surface area contributed by atoms with Gasteiger partial charge in [-0.15, -0.1) is 0 Å². The van der Waals surface area contributed by atoms with Crippen molar-refractivity contribution >= 4 is 0 Å². The second-order valence-corrected chi connectivity index (χ2v) is 2.85. The number of allylic oxidation sites excluding steroid dienone is 1. The van der Waals surface area contributed by atoms with Crippen molar-refractivity contribution in [2.24, 2.45) is 0 Å². The van der Waals surface area contributed by atoms with Gasteiger partial charge in [0.05, 0.1) is 7.11 Å². The Balaban J connectivity index is 2.68. The van der Waals surface area contributed by atoms with Gasteiger partial charge in [-0.25, -0.2) is 0 Å². The van der Waals surface area contributed by atoms with Gasteiger partial charge in [-0.2, -0.15) is 4.89 Å². The number of hydrogen-bond acceptors (Lipinski definition) is 2. The van der Waals surface area contributed by atoms with Gasteiger partial charge in [0.25, 0.3) is 0 Å². The van der Waals surface area contributed by atoms with Gasteiger partial charge < -0.3 is 4.89 Å². The van der Waals surface area contributed by atoms with E-state index in [0.717, 1.165) is 0 Å². The van der Waals surface area contributed by atoms with E-state index in [0.29, 0.717) is 5.76 Å². The normalized spacial score (nSPS) is 12.2. The standard InChI is InChI=1S/C11H14O2/c1-9(10(2)13-12-3)11-7-5-4-6-8-11/h4-9H,2H2,1,3H3. The van der Waals surface area contributed by atoms with E-state index in [1.807, 2.05) is 37.3 Å². The van der Waals surface area contributed by atoms with Crippen LogP contribution in [0, 0.1) is 0 Å². The molecule has 1 rings (SSSR count). The van der Waals surface area contributed by atoms with Crippen molar-refractivity contribution < 1.29 is 9.78 Å². The van der Waals surface area contributed by atoms with Crippen LogP contribution < -0.4 is 0 Å². The topological polar surface area (TPSA) is 18.5 Å². The predicted molar refractivity (Wildman–Crippen MR) is 52.1 cm³/mol. The fraction of sp³-hybridized carbons (Fsp3) is 0.273. The highest BCUT2D eigenvalue weighted by atomic mass is 17.2. The lowest BCUT2D eigenvalue weighted by atomic mass is 10.0. The molecule has 2 nitrogen and oxygen atoms in total. The van der Waals surface area contributed by atoms with Crippen LogP contribution in [0.1, 0.15) is 18.4 Å². The van der Waals surface area contributed by atoms with Crippen molar-refractivity contribution in [2.45, 2.75) is 12.8 Å². The van der Waals surface area contributed by atoms with Crippen LogP contribution in [0.15, 0.2) is 42.7 Å². The van der Waals surface area contributed by atoms with Crippen LogP contribution >= 0.6 is 0 Å². The Bertz CT molecular complexity index is 267. The van der Waals surface area contributed by atoms with E-state index in [1.54, 1.807) is 0 Å². The van der Waals surface area contributed by atoms with E-state index in [4.69, 9.17) is 4.89 Å². The molecule has 0 saturated heterocycles. The molecule has 1 aromatic carbocycles. The van der Waals surface area contributed by atoms with E-state index >= 15 is 0 Å². The molecule has 0 aliphatic heterocycles. The zero-order valence-electron chi connectivity index (χ0n) is 7.99. The highest BCUT2D eigenvalue weighted by molar-refractivity contribution is 5.24. The molecule has 0 heterocycles. The van der Waals surface area contributed by atoms with Gasteiger partial charge in [0.15, 0.2) is 0 Å². The van der Waals surface area contributed by atoms with Gasteiger partial charge in [0.2, 0.25) is 0 Å². The molecule has 2 heteroatoms. The summed E-state index contributed by atoms with van der Waals surface area (Å²) in [6.45, 7) is 5.80. The van der Waals surface area contributed by atoms with E-state index in [2.05, 4.69) is 11.5 Å². The maximum absolute atomic E-state index is 4.86. The Morgan fingerprint density at radius 2 is 1.92 bits per heavy atom. The molecule has 70 valence electrons. The minimum atomic E-state index is 0.154. The molecule has 0 aromatic heterocycles. The predicted octanol–water partition coefficient (Wildman–Crippen LogP) is 2.88. The Morgan fingerprint density at radius 1 is 1.31 bits per heavy atom. The van der Waals surface area contributed by atoms with Crippen molar-refractivity contribution in [2.75, 3.05) is 7.11 Å². The molecule has 1 unspecified atom stereocenters. The van der Waals surface area contributed by atoms with Crippen LogP contribution in [0.5, 0.6) is 0 Å². The summed E-state index contributed by atoms with van der Waals surface area (Å²) in [7, 11) is 1.48. The first-order valence-corrected chi connectivity index (χ1v) is 4.20. The minimum Gasteiger partial charge on any atom is -0.342 e. The first-order valence-electron chi connectivity index (χ1n) is 4.20. The summed E-state index contributed by atoms with van der Waals surface area (Å²) in [4.78, 5) is 9.41. The third-order valence-corrected chi connectivity index (χ3v) is 1.97. The zero-order chi connectivity index (χ0) is 9.68. The minimum absolute atomic E-state index is 0.154. The third kappa shape index (κ3) is 2.60. The van der Waals surface area contributed by atoms with Crippen LogP contribution in [0.25, 0.3) is 0 Å². The van der Waals surface area contributed by atoms with Crippen molar-refractivity contribution in [1.29, 1.82) is 0 Å². The summed E-state index contributed by atoms with van der Waals surface area (Å²) in [5, 5.41) is 0. The SMILES string of the molecule is C=C(OOC)C(C)c1ccccc1. The molecule has 1 atom stereocenters. The summed E-state index contributed by atoms with van der Waals surface area (Å²) < 4.78 is 0. The maximum atomic E-state index is 4.86. The van der Waals surface area contributed by atoms with Crippen LogP contribution in [-0.4, -0.2) is 7.11 Å². The van der Waals surface area contributed by atoms with Gasteiger partial charge in [-0.05, 0) is 5.56 Å². The second-order valence-electron chi connectivity index (χ2n) is 2.85. The number of hydrogen-bond donors (Lipinski definition) is 0. The van der Waals surface area contributed by atoms with Crippen molar-refractivity contribution in [3.63, 3.8) is 0 Å². The molecule has 0 aliphatic rings. The average molecular weight is 178 g/mol. The zero-order valence-corrected chi connectivity index (χ0v) is 7.99. The van der Waals surface area contributed by atoms with Gasteiger partial charge >= 0.3 is 0 Å². The lowest BCUT2D eigenvalue weighted by Gasteiger charge is -2.12. The summed E-state index contributed by atoms with van der Waals surface area (Å²) in [6.07, 6.45) is 0. The van der Waals surface area contributed by atoms with E-state index < -0.39 is 0 Å². The Labute approximate surface area is 78.7 Å². The van der Waals surface area contributed by atoms with Gasteiger partial charge in [-0.3, -0.25) is 0 Å². The first kappa shape index (κ1) is 9.81. The summed E-state index contributed by atoms with van der Waals surface area (Å²) in [5.74, 6) is 0.773. The summed E-state index contributed by atoms with van der Waals surface area (Å²) in [5.41, 5.74) is 1.17. The summed E-state index contributed by atoms with van der Waals surface area (Å²) in [6, 6.07) is 10.0. The van der Waals surface area contributed by atoms with Gasteiger partial charge in [0.1, 0.15) is 5.76 Å². The van der Waals surface area contributed by atoms with Gasteiger partial charge in [0, 0.05) is 5.92 Å². The Morgan fingerprint density at radius 3 is 2.46 bits per heavy atom. The number of benzene rings is 1. The van der Waals surface area contributed by atoms with E-state index in [9.17, 15) is 0 Å². The quantitative estimate of drug-likeness (QED) is 0.401. The lowest BCUT2D eigenvalue weighted by Crippen LogP contribution is -2.00. The molecule has 0 amide bonds. The fourth-order valence-electron chi connectivity index (χ4n) is 1.11. The maximum Gasteiger partial charge on any atom is 0.142 e. The van der Waals surface area contributed by atoms with Crippen molar-refractivity contribution in [3.8, 4) is 0 Å². The smallest absolute Gasteiger partial charge is 0.142 e. The molecule has 0 N–H and O–H groups in total. The molecule has 0 radical (unpaired) electrons. The molecular weight excluding hydrogens is 164 g/mol. The molecule has 0 fully saturated rings. The summed E-state index contributed by atoms with van der Waals surface area (Å²) >= 11 is 0. The average Bonchev–Trinajstić information content (AvgIpc) is 2.18. The van der Waals surface area contributed by atoms with Crippen LogP contribution in [0.2, 0.25) is 0 Å².